The average molecular weight is 188 g/mol. The largest absolute Gasteiger partial charge is 0.383 e. The summed E-state index contributed by atoms with van der Waals surface area (Å²) in [7, 11) is 0. The second-order valence-electron chi connectivity index (χ2n) is 3.53. The van der Waals surface area contributed by atoms with E-state index in [0.29, 0.717) is 11.6 Å². The van der Waals surface area contributed by atoms with Crippen LogP contribution in [0.4, 0.5) is 5.69 Å². The smallest absolute Gasteiger partial charge is 0.0992 e. The quantitative estimate of drug-likeness (QED) is 0.787. The Morgan fingerprint density at radius 2 is 2.29 bits per heavy atom. The first-order valence-electron chi connectivity index (χ1n) is 5.03. The number of nitrogens with zero attached hydrogens (tertiary/aromatic N) is 1. The lowest BCUT2D eigenvalue weighted by atomic mass is 10.1. The number of nitriles is 1. The third-order valence-electron chi connectivity index (χ3n) is 2.13. The average Bonchev–Trinajstić information content (AvgIpc) is 2.18. The minimum absolute atomic E-state index is 0.467. The van der Waals surface area contributed by atoms with Crippen molar-refractivity contribution in [3.63, 3.8) is 0 Å². The summed E-state index contributed by atoms with van der Waals surface area (Å²) in [6.45, 7) is 4.33. The molecule has 1 N–H and O–H groups in total. The summed E-state index contributed by atoms with van der Waals surface area (Å²) in [5.74, 6) is 0. The van der Waals surface area contributed by atoms with E-state index in [9.17, 15) is 0 Å². The molecule has 1 rings (SSSR count). The molecule has 0 aliphatic carbocycles. The van der Waals surface area contributed by atoms with Gasteiger partial charge in [0.15, 0.2) is 0 Å². The maximum Gasteiger partial charge on any atom is 0.0992 e. The zero-order valence-corrected chi connectivity index (χ0v) is 8.75. The highest BCUT2D eigenvalue weighted by Gasteiger charge is 2.00. The Bertz CT molecular complexity index is 325. The van der Waals surface area contributed by atoms with Gasteiger partial charge in [-0.05, 0) is 31.5 Å². The first kappa shape index (κ1) is 10.6. The van der Waals surface area contributed by atoms with Gasteiger partial charge in [-0.1, -0.05) is 19.4 Å². The van der Waals surface area contributed by atoms with E-state index >= 15 is 0 Å². The van der Waals surface area contributed by atoms with E-state index in [1.165, 1.54) is 6.42 Å². The maximum absolute atomic E-state index is 8.72. The molecule has 0 aromatic heterocycles. The molecule has 0 spiro atoms. The third kappa shape index (κ3) is 3.10. The lowest BCUT2D eigenvalue weighted by Crippen LogP contribution is -2.14. The molecular weight excluding hydrogens is 172 g/mol. The highest BCUT2D eigenvalue weighted by Crippen LogP contribution is 2.12. The van der Waals surface area contributed by atoms with Crippen molar-refractivity contribution in [3.8, 4) is 6.07 Å². The Morgan fingerprint density at radius 1 is 1.50 bits per heavy atom. The highest BCUT2D eigenvalue weighted by atomic mass is 14.9. The van der Waals surface area contributed by atoms with Gasteiger partial charge < -0.3 is 5.32 Å². The Kier molecular flexibility index (Phi) is 4.00. The number of anilines is 1. The van der Waals surface area contributed by atoms with Gasteiger partial charge in [0.2, 0.25) is 0 Å². The van der Waals surface area contributed by atoms with Gasteiger partial charge >= 0.3 is 0 Å². The van der Waals surface area contributed by atoms with Crippen molar-refractivity contribution in [2.45, 2.75) is 32.7 Å². The van der Waals surface area contributed by atoms with E-state index in [1.54, 1.807) is 0 Å². The molecule has 0 radical (unpaired) electrons. The fourth-order valence-corrected chi connectivity index (χ4v) is 1.47. The zero-order chi connectivity index (χ0) is 10.4. The molecule has 14 heavy (non-hydrogen) atoms. The predicted molar refractivity (Wildman–Crippen MR) is 59.1 cm³/mol. The van der Waals surface area contributed by atoms with E-state index < -0.39 is 0 Å². The van der Waals surface area contributed by atoms with Crippen LogP contribution in [-0.2, 0) is 0 Å². The molecule has 0 saturated heterocycles. The molecule has 2 nitrogen and oxygen atoms in total. The SMILES string of the molecule is CCC[C@@H](C)Nc1cccc(C#N)c1. The topological polar surface area (TPSA) is 35.8 Å². The van der Waals surface area contributed by atoms with Gasteiger partial charge in [0.1, 0.15) is 0 Å². The van der Waals surface area contributed by atoms with E-state index in [2.05, 4.69) is 25.2 Å². The van der Waals surface area contributed by atoms with Crippen LogP contribution in [0.5, 0.6) is 0 Å². The van der Waals surface area contributed by atoms with Gasteiger partial charge in [0.25, 0.3) is 0 Å². The van der Waals surface area contributed by atoms with Gasteiger partial charge in [-0.2, -0.15) is 5.26 Å². The molecule has 0 heterocycles. The summed E-state index contributed by atoms with van der Waals surface area (Å²) in [5.41, 5.74) is 1.74. The van der Waals surface area contributed by atoms with Crippen LogP contribution in [0.3, 0.4) is 0 Å². The minimum atomic E-state index is 0.467. The molecule has 0 fully saturated rings. The van der Waals surface area contributed by atoms with Crippen molar-refractivity contribution in [1.29, 1.82) is 5.26 Å². The van der Waals surface area contributed by atoms with Crippen LogP contribution in [0.15, 0.2) is 24.3 Å². The molecule has 0 aliphatic rings. The van der Waals surface area contributed by atoms with Crippen LogP contribution < -0.4 is 5.32 Å². The molecule has 0 aliphatic heterocycles. The normalized spacial score (nSPS) is 11.8. The van der Waals surface area contributed by atoms with Crippen molar-refractivity contribution >= 4 is 5.69 Å². The lowest BCUT2D eigenvalue weighted by Gasteiger charge is -2.13. The molecular formula is C12H16N2. The molecule has 0 amide bonds. The molecule has 0 bridgehead atoms. The Balaban J connectivity index is 2.63. The van der Waals surface area contributed by atoms with Crippen LogP contribution in [0.25, 0.3) is 0 Å². The molecule has 1 aromatic rings. The van der Waals surface area contributed by atoms with Crippen LogP contribution in [-0.4, -0.2) is 6.04 Å². The summed E-state index contributed by atoms with van der Waals surface area (Å²) < 4.78 is 0. The summed E-state index contributed by atoms with van der Waals surface area (Å²) in [6.07, 6.45) is 2.32. The number of benzene rings is 1. The number of hydrogen-bond acceptors (Lipinski definition) is 2. The van der Waals surface area contributed by atoms with Gasteiger partial charge in [-0.15, -0.1) is 0 Å². The van der Waals surface area contributed by atoms with Crippen LogP contribution in [0, 0.1) is 11.3 Å². The number of rotatable bonds is 4. The van der Waals surface area contributed by atoms with Crippen molar-refractivity contribution in [3.05, 3.63) is 29.8 Å². The van der Waals surface area contributed by atoms with Crippen LogP contribution in [0.2, 0.25) is 0 Å². The second-order valence-corrected chi connectivity index (χ2v) is 3.53. The highest BCUT2D eigenvalue weighted by molar-refractivity contribution is 5.49. The van der Waals surface area contributed by atoms with Gasteiger partial charge in [0, 0.05) is 11.7 Å². The summed E-state index contributed by atoms with van der Waals surface area (Å²) in [4.78, 5) is 0. The molecule has 74 valence electrons. The summed E-state index contributed by atoms with van der Waals surface area (Å²) in [6, 6.07) is 10.2. The van der Waals surface area contributed by atoms with E-state index in [0.717, 1.165) is 12.1 Å². The molecule has 2 heteroatoms. The number of hydrogen-bond donors (Lipinski definition) is 1. The lowest BCUT2D eigenvalue weighted by molar-refractivity contribution is 0.690. The first-order chi connectivity index (χ1) is 6.76. The summed E-state index contributed by atoms with van der Waals surface area (Å²) >= 11 is 0. The van der Waals surface area contributed by atoms with Crippen LogP contribution in [0.1, 0.15) is 32.3 Å². The van der Waals surface area contributed by atoms with Crippen molar-refractivity contribution < 1.29 is 0 Å². The molecule has 1 aromatic carbocycles. The van der Waals surface area contributed by atoms with Gasteiger partial charge in [-0.25, -0.2) is 0 Å². The second kappa shape index (κ2) is 5.29. The summed E-state index contributed by atoms with van der Waals surface area (Å²) in [5, 5.41) is 12.1. The molecule has 0 unspecified atom stereocenters. The Hall–Kier alpha value is -1.49. The number of nitrogens with one attached hydrogen (secondary N) is 1. The first-order valence-corrected chi connectivity index (χ1v) is 5.03. The minimum Gasteiger partial charge on any atom is -0.383 e. The maximum atomic E-state index is 8.72. The Morgan fingerprint density at radius 3 is 2.93 bits per heavy atom. The monoisotopic (exact) mass is 188 g/mol. The van der Waals surface area contributed by atoms with Gasteiger partial charge in [0.05, 0.1) is 11.6 Å². The predicted octanol–water partition coefficient (Wildman–Crippen LogP) is 3.16. The third-order valence-corrected chi connectivity index (χ3v) is 2.13. The van der Waals surface area contributed by atoms with Crippen molar-refractivity contribution in [2.75, 3.05) is 5.32 Å². The van der Waals surface area contributed by atoms with E-state index in [1.807, 2.05) is 24.3 Å². The zero-order valence-electron chi connectivity index (χ0n) is 8.75. The molecule has 0 saturated carbocycles. The van der Waals surface area contributed by atoms with Crippen molar-refractivity contribution in [1.82, 2.24) is 0 Å². The molecule has 1 atom stereocenters. The van der Waals surface area contributed by atoms with Crippen molar-refractivity contribution in [2.24, 2.45) is 0 Å². The standard InChI is InChI=1S/C12H16N2/c1-3-5-10(2)14-12-7-4-6-11(8-12)9-13/h4,6-8,10,14H,3,5H2,1-2H3/t10-/m1/s1. The Labute approximate surface area is 85.6 Å². The van der Waals surface area contributed by atoms with E-state index in [4.69, 9.17) is 5.26 Å². The van der Waals surface area contributed by atoms with E-state index in [-0.39, 0.29) is 0 Å². The fraction of sp³-hybridized carbons (Fsp3) is 0.417. The van der Waals surface area contributed by atoms with Gasteiger partial charge in [-0.3, -0.25) is 0 Å². The fourth-order valence-electron chi connectivity index (χ4n) is 1.47. The van der Waals surface area contributed by atoms with Crippen LogP contribution >= 0.6 is 0 Å².